The number of nitrogens with one attached hydrogen (secondary N) is 2. The molecule has 1 aliphatic rings. The molecule has 0 aromatic carbocycles. The zero-order valence-electron chi connectivity index (χ0n) is 24.7. The fourth-order valence-electron chi connectivity index (χ4n) is 3.98. The van der Waals surface area contributed by atoms with Crippen LogP contribution in [0.3, 0.4) is 0 Å². The van der Waals surface area contributed by atoms with E-state index < -0.39 is 12.0 Å². The number of anilines is 3. The molecule has 3 rings (SSSR count). The summed E-state index contributed by atoms with van der Waals surface area (Å²) >= 11 is 0. The minimum absolute atomic E-state index is 0.206. The number of halogens is 1. The van der Waals surface area contributed by atoms with Crippen molar-refractivity contribution in [2.24, 2.45) is 0 Å². The lowest BCUT2D eigenvalue weighted by molar-refractivity contribution is -0.135. The van der Waals surface area contributed by atoms with E-state index >= 15 is 0 Å². The van der Waals surface area contributed by atoms with Crippen molar-refractivity contribution in [3.05, 3.63) is 48.2 Å². The van der Waals surface area contributed by atoms with Crippen molar-refractivity contribution in [1.29, 1.82) is 0 Å². The molecule has 0 unspecified atom stereocenters. The number of aromatic nitrogens is 3. The van der Waals surface area contributed by atoms with E-state index in [1.54, 1.807) is 32.3 Å². The maximum atomic E-state index is 13.5. The van der Waals surface area contributed by atoms with Crippen LogP contribution in [0.5, 0.6) is 0 Å². The van der Waals surface area contributed by atoms with E-state index in [-0.39, 0.29) is 11.8 Å². The standard InChI is InChI=1S/C30H41FN8O2/c1-6-18-39(25-13-14-25)28-23(21-34-30(36-28)35-24-15-17-32-26(31)20-24)11-8-7-9-16-33-29(41)22(2)38(5)27(40)12-10-19-37(3)4/h10,12,15,17,20-22,25H,6-7,9,13-14,16,18-19H2,1-5H3,(H,33,41)(H,32,34,35,36)/b12-10+/t22-/m0/s1. The first-order chi connectivity index (χ1) is 19.7. The molecular formula is C30H41FN8O2. The highest BCUT2D eigenvalue weighted by Gasteiger charge is 2.31. The molecule has 0 radical (unpaired) electrons. The van der Waals surface area contributed by atoms with Crippen molar-refractivity contribution in [2.45, 2.75) is 58.0 Å². The molecule has 2 heterocycles. The summed E-state index contributed by atoms with van der Waals surface area (Å²) in [5.41, 5.74) is 1.25. The minimum Gasteiger partial charge on any atom is -0.354 e. The van der Waals surface area contributed by atoms with E-state index in [4.69, 9.17) is 4.98 Å². The molecular weight excluding hydrogens is 523 g/mol. The summed E-state index contributed by atoms with van der Waals surface area (Å²) in [6.45, 7) is 5.80. The van der Waals surface area contributed by atoms with Crippen molar-refractivity contribution in [3.8, 4) is 11.8 Å². The summed E-state index contributed by atoms with van der Waals surface area (Å²) in [5.74, 6) is 6.54. The molecule has 1 fully saturated rings. The van der Waals surface area contributed by atoms with E-state index in [0.717, 1.165) is 37.2 Å². The molecule has 0 spiro atoms. The zero-order chi connectivity index (χ0) is 29.8. The van der Waals surface area contributed by atoms with Gasteiger partial charge >= 0.3 is 0 Å². The minimum atomic E-state index is -0.583. The van der Waals surface area contributed by atoms with Gasteiger partial charge in [0.1, 0.15) is 11.9 Å². The average molecular weight is 565 g/mol. The Bertz CT molecular complexity index is 1270. The number of nitrogens with zero attached hydrogens (tertiary/aromatic N) is 6. The van der Waals surface area contributed by atoms with Crippen LogP contribution in [0.1, 0.15) is 51.5 Å². The molecule has 10 nitrogen and oxygen atoms in total. The van der Waals surface area contributed by atoms with Gasteiger partial charge in [-0.05, 0) is 52.8 Å². The third-order valence-electron chi connectivity index (χ3n) is 6.52. The quantitative estimate of drug-likeness (QED) is 0.156. The number of amides is 2. The van der Waals surface area contributed by atoms with Crippen molar-refractivity contribution < 1.29 is 14.0 Å². The van der Waals surface area contributed by atoms with Crippen LogP contribution in [0.25, 0.3) is 0 Å². The van der Waals surface area contributed by atoms with Crippen LogP contribution < -0.4 is 15.5 Å². The first-order valence-corrected chi connectivity index (χ1v) is 14.1. The van der Waals surface area contributed by atoms with Gasteiger partial charge in [0.2, 0.25) is 23.7 Å². The fraction of sp³-hybridized carbons (Fsp3) is 0.500. The van der Waals surface area contributed by atoms with Crippen LogP contribution >= 0.6 is 0 Å². The van der Waals surface area contributed by atoms with E-state index in [1.165, 1.54) is 23.2 Å². The summed E-state index contributed by atoms with van der Waals surface area (Å²) in [6, 6.07) is 2.80. The second-order valence-electron chi connectivity index (χ2n) is 10.3. The molecule has 2 aromatic heterocycles. The van der Waals surface area contributed by atoms with Crippen molar-refractivity contribution in [2.75, 3.05) is 51.0 Å². The average Bonchev–Trinajstić information content (AvgIpc) is 3.78. The van der Waals surface area contributed by atoms with Crippen LogP contribution in [0.2, 0.25) is 0 Å². The molecule has 1 saturated carbocycles. The predicted molar refractivity (Wildman–Crippen MR) is 159 cm³/mol. The lowest BCUT2D eigenvalue weighted by atomic mass is 10.2. The Hall–Kier alpha value is -4.04. The maximum Gasteiger partial charge on any atom is 0.246 e. The van der Waals surface area contributed by atoms with Gasteiger partial charge in [-0.15, -0.1) is 0 Å². The maximum absolute atomic E-state index is 13.5. The lowest BCUT2D eigenvalue weighted by Crippen LogP contribution is -2.45. The fourth-order valence-corrected chi connectivity index (χ4v) is 3.98. The number of carbonyl (C=O) groups is 2. The van der Waals surface area contributed by atoms with Crippen LogP contribution in [-0.2, 0) is 9.59 Å². The molecule has 0 bridgehead atoms. The van der Waals surface area contributed by atoms with Crippen LogP contribution in [0.4, 0.5) is 21.8 Å². The van der Waals surface area contributed by atoms with Gasteiger partial charge in [0.15, 0.2) is 0 Å². The predicted octanol–water partition coefficient (Wildman–Crippen LogP) is 3.35. The van der Waals surface area contributed by atoms with Gasteiger partial charge in [-0.3, -0.25) is 9.59 Å². The van der Waals surface area contributed by atoms with Gasteiger partial charge in [0, 0.05) is 63.2 Å². The van der Waals surface area contributed by atoms with E-state index in [9.17, 15) is 14.0 Å². The number of pyridine rings is 1. The highest BCUT2D eigenvalue weighted by molar-refractivity contribution is 5.92. The van der Waals surface area contributed by atoms with Gasteiger partial charge in [-0.1, -0.05) is 24.8 Å². The normalized spacial score (nSPS) is 13.4. The van der Waals surface area contributed by atoms with Crippen molar-refractivity contribution in [3.63, 3.8) is 0 Å². The van der Waals surface area contributed by atoms with Crippen LogP contribution in [0.15, 0.2) is 36.7 Å². The lowest BCUT2D eigenvalue weighted by Gasteiger charge is -2.24. The molecule has 2 N–H and O–H groups in total. The highest BCUT2D eigenvalue weighted by Crippen LogP contribution is 2.33. The summed E-state index contributed by atoms with van der Waals surface area (Å²) in [7, 11) is 5.46. The Labute approximate surface area is 242 Å². The Balaban J connectivity index is 1.58. The second kappa shape index (κ2) is 15.7. The number of likely N-dealkylation sites (N-methyl/N-ethyl adjacent to an activating group) is 2. The molecule has 2 amide bonds. The number of hydrogen-bond donors (Lipinski definition) is 2. The first kappa shape index (κ1) is 31.5. The van der Waals surface area contributed by atoms with Crippen LogP contribution in [-0.4, -0.2) is 89.4 Å². The molecule has 1 atom stereocenters. The van der Waals surface area contributed by atoms with E-state index in [2.05, 4.69) is 44.3 Å². The van der Waals surface area contributed by atoms with Gasteiger partial charge in [0.05, 0.1) is 11.8 Å². The number of unbranched alkanes of at least 4 members (excludes halogenated alkanes) is 1. The third kappa shape index (κ3) is 10.1. The molecule has 41 heavy (non-hydrogen) atoms. The first-order valence-electron chi connectivity index (χ1n) is 14.1. The number of carbonyl (C=O) groups excluding carboxylic acids is 2. The molecule has 1 aliphatic carbocycles. The SMILES string of the molecule is CCCN(c1nc(Nc2ccnc(F)c2)ncc1C#CCCCNC(=O)[C@H](C)N(C)C(=O)/C=C/CN(C)C)C1CC1. The number of rotatable bonds is 14. The topological polar surface area (TPSA) is 107 Å². The summed E-state index contributed by atoms with van der Waals surface area (Å²) in [5, 5.41) is 5.94. The van der Waals surface area contributed by atoms with E-state index in [1.807, 2.05) is 19.0 Å². The highest BCUT2D eigenvalue weighted by atomic mass is 19.1. The molecule has 0 aliphatic heterocycles. The molecule has 2 aromatic rings. The van der Waals surface area contributed by atoms with Gasteiger partial charge < -0.3 is 25.3 Å². The Morgan fingerprint density at radius 2 is 2.02 bits per heavy atom. The van der Waals surface area contributed by atoms with Crippen molar-refractivity contribution in [1.82, 2.24) is 30.1 Å². The smallest absolute Gasteiger partial charge is 0.246 e. The Morgan fingerprint density at radius 1 is 1.24 bits per heavy atom. The Kier molecular flexibility index (Phi) is 12.0. The Morgan fingerprint density at radius 3 is 2.71 bits per heavy atom. The van der Waals surface area contributed by atoms with Gasteiger partial charge in [-0.2, -0.15) is 9.37 Å². The second-order valence-corrected chi connectivity index (χ2v) is 10.3. The molecule has 220 valence electrons. The van der Waals surface area contributed by atoms with Gasteiger partial charge in [-0.25, -0.2) is 9.97 Å². The van der Waals surface area contributed by atoms with Gasteiger partial charge in [0.25, 0.3) is 0 Å². The summed E-state index contributed by atoms with van der Waals surface area (Å²) in [6.07, 6.45) is 10.8. The number of hydrogen-bond acceptors (Lipinski definition) is 8. The summed E-state index contributed by atoms with van der Waals surface area (Å²) in [4.78, 5) is 43.2. The van der Waals surface area contributed by atoms with Crippen LogP contribution in [0, 0.1) is 17.8 Å². The zero-order valence-corrected chi connectivity index (χ0v) is 24.7. The molecule has 0 saturated heterocycles. The monoisotopic (exact) mass is 564 g/mol. The summed E-state index contributed by atoms with van der Waals surface area (Å²) < 4.78 is 13.5. The van der Waals surface area contributed by atoms with E-state index in [0.29, 0.717) is 43.6 Å². The third-order valence-corrected chi connectivity index (χ3v) is 6.52. The largest absolute Gasteiger partial charge is 0.354 e. The van der Waals surface area contributed by atoms with Crippen molar-refractivity contribution >= 4 is 29.3 Å². The molecule has 11 heteroatoms.